The van der Waals surface area contributed by atoms with E-state index in [1.54, 1.807) is 6.92 Å². The first-order valence-corrected chi connectivity index (χ1v) is 7.91. The smallest absolute Gasteiger partial charge is 0.244 e. The van der Waals surface area contributed by atoms with Gasteiger partial charge in [-0.05, 0) is 18.4 Å². The lowest BCUT2D eigenvalue weighted by Crippen LogP contribution is -1.97. The lowest BCUT2D eigenvalue weighted by atomic mass is 10.1. The van der Waals surface area contributed by atoms with E-state index in [4.69, 9.17) is 0 Å². The Labute approximate surface area is 102 Å². The van der Waals surface area contributed by atoms with Crippen molar-refractivity contribution in [3.8, 4) is 0 Å². The van der Waals surface area contributed by atoms with Gasteiger partial charge in [-0.2, -0.15) is 8.42 Å². The lowest BCUT2D eigenvalue weighted by molar-refractivity contribution is 0.628. The Balaban J connectivity index is 2.51. The predicted octanol–water partition coefficient (Wildman–Crippen LogP) is 2.67. The maximum Gasteiger partial charge on any atom is 0.251 e. The molecular formula is C12H9NO2S2. The van der Waals surface area contributed by atoms with E-state index >= 15 is 0 Å². The molecule has 0 radical (unpaired) electrons. The quantitative estimate of drug-likeness (QED) is 0.733. The third-order valence-electron chi connectivity index (χ3n) is 2.74. The Hall–Kier alpha value is -1.46. The van der Waals surface area contributed by atoms with Crippen molar-refractivity contribution in [2.45, 2.75) is 11.8 Å². The van der Waals surface area contributed by atoms with Crippen LogP contribution in [-0.2, 0) is 18.7 Å². The number of aliphatic imine (C=N–C) groups is 1. The van der Waals surface area contributed by atoms with Crippen LogP contribution < -0.4 is 0 Å². The van der Waals surface area contributed by atoms with E-state index in [0.29, 0.717) is 5.04 Å². The second-order valence-electron chi connectivity index (χ2n) is 3.74. The van der Waals surface area contributed by atoms with Gasteiger partial charge in [-0.3, -0.25) is 0 Å². The summed E-state index contributed by atoms with van der Waals surface area (Å²) in [5.74, 6) is 0. The fourth-order valence-corrected chi connectivity index (χ4v) is 4.93. The maximum atomic E-state index is 11.2. The van der Waals surface area contributed by atoms with Gasteiger partial charge >= 0.3 is 0 Å². The molecule has 2 aromatic rings. The van der Waals surface area contributed by atoms with Gasteiger partial charge < -0.3 is 0 Å². The predicted molar refractivity (Wildman–Crippen MR) is 71.3 cm³/mol. The van der Waals surface area contributed by atoms with Crippen molar-refractivity contribution < 1.29 is 8.42 Å². The monoisotopic (exact) mass is 263 g/mol. The Morgan fingerprint density at radius 3 is 2.65 bits per heavy atom. The summed E-state index contributed by atoms with van der Waals surface area (Å²) in [6.45, 7) is 1.77. The summed E-state index contributed by atoms with van der Waals surface area (Å²) in [5, 5.41) is 2.78. The summed E-state index contributed by atoms with van der Waals surface area (Å²) in [5.41, 5.74) is 0.813. The molecule has 17 heavy (non-hydrogen) atoms. The maximum absolute atomic E-state index is 11.2. The molecule has 0 aliphatic carbocycles. The van der Waals surface area contributed by atoms with Gasteiger partial charge in [-0.25, -0.2) is 4.99 Å². The Bertz CT molecular complexity index is 796. The Morgan fingerprint density at radius 1 is 1.12 bits per heavy atom. The van der Waals surface area contributed by atoms with Crippen molar-refractivity contribution >= 4 is 40.2 Å². The summed E-state index contributed by atoms with van der Waals surface area (Å²) in [6.07, 6.45) is 0. The second kappa shape index (κ2) is 3.78. The van der Waals surface area contributed by atoms with Crippen molar-refractivity contribution in [2.75, 3.05) is 0 Å². The molecule has 0 bridgehead atoms. The van der Waals surface area contributed by atoms with Crippen LogP contribution in [0.5, 0.6) is 0 Å². The van der Waals surface area contributed by atoms with Crippen molar-refractivity contribution in [3.05, 3.63) is 36.4 Å². The third kappa shape index (κ3) is 1.54. The summed E-state index contributed by atoms with van der Waals surface area (Å²) in [4.78, 5) is 5.23. The van der Waals surface area contributed by atoms with Crippen molar-refractivity contribution in [3.63, 3.8) is 0 Å². The van der Waals surface area contributed by atoms with Gasteiger partial charge in [0.2, 0.25) is 0 Å². The fourth-order valence-electron chi connectivity index (χ4n) is 2.03. The SMILES string of the molecule is CC1=Nc2c(ccc3ccccc23)S1=S(=O)=O. The van der Waals surface area contributed by atoms with Gasteiger partial charge in [0.15, 0.2) is 0 Å². The molecular weight excluding hydrogens is 254 g/mol. The van der Waals surface area contributed by atoms with E-state index in [9.17, 15) is 8.42 Å². The zero-order valence-corrected chi connectivity index (χ0v) is 10.7. The minimum absolute atomic E-state index is 0.671. The molecule has 1 aliphatic rings. The van der Waals surface area contributed by atoms with Gasteiger partial charge in [0, 0.05) is 19.7 Å². The zero-order chi connectivity index (χ0) is 12.0. The highest BCUT2D eigenvalue weighted by molar-refractivity contribution is 8.42. The number of nitrogens with zero attached hydrogens (tertiary/aromatic N) is 1. The third-order valence-corrected chi connectivity index (χ3v) is 6.44. The summed E-state index contributed by atoms with van der Waals surface area (Å²) < 4.78 is 22.5. The molecule has 86 valence electrons. The van der Waals surface area contributed by atoms with Crippen LogP contribution in [0.15, 0.2) is 46.3 Å². The number of fused-ring (bicyclic) bond motifs is 3. The average Bonchev–Trinajstić information content (AvgIpc) is 2.65. The van der Waals surface area contributed by atoms with Crippen LogP contribution in [-0.4, -0.2) is 13.5 Å². The first-order chi connectivity index (χ1) is 8.18. The van der Waals surface area contributed by atoms with Crippen molar-refractivity contribution in [2.24, 2.45) is 4.99 Å². The van der Waals surface area contributed by atoms with Crippen LogP contribution in [0, 0.1) is 0 Å². The number of benzene rings is 2. The van der Waals surface area contributed by atoms with Gasteiger partial charge in [0.25, 0.3) is 9.26 Å². The van der Waals surface area contributed by atoms with Crippen LogP contribution in [0.1, 0.15) is 6.92 Å². The average molecular weight is 263 g/mol. The van der Waals surface area contributed by atoms with Crippen LogP contribution in [0.3, 0.4) is 0 Å². The van der Waals surface area contributed by atoms with Gasteiger partial charge in [-0.15, -0.1) is 0 Å². The molecule has 0 saturated heterocycles. The van der Waals surface area contributed by atoms with Crippen LogP contribution in [0.4, 0.5) is 5.69 Å². The van der Waals surface area contributed by atoms with Crippen molar-refractivity contribution in [1.82, 2.24) is 0 Å². The Kier molecular flexibility index (Phi) is 2.38. The van der Waals surface area contributed by atoms with E-state index in [-0.39, 0.29) is 0 Å². The van der Waals surface area contributed by atoms with Crippen LogP contribution in [0.2, 0.25) is 0 Å². The fraction of sp³-hybridized carbons (Fsp3) is 0.0833. The summed E-state index contributed by atoms with van der Waals surface area (Å²) in [7, 11) is -3.02. The second-order valence-corrected chi connectivity index (χ2v) is 7.53. The Morgan fingerprint density at radius 2 is 1.88 bits per heavy atom. The van der Waals surface area contributed by atoms with E-state index in [0.717, 1.165) is 21.4 Å². The molecule has 0 aromatic heterocycles. The molecule has 1 heterocycles. The number of rotatable bonds is 0. The summed E-state index contributed by atoms with van der Waals surface area (Å²) >= 11 is 0. The van der Waals surface area contributed by atoms with Gasteiger partial charge in [-0.1, -0.05) is 30.3 Å². The van der Waals surface area contributed by atoms with E-state index in [1.807, 2.05) is 36.4 Å². The van der Waals surface area contributed by atoms with Gasteiger partial charge in [0.05, 0.1) is 10.7 Å². The number of hydrogen-bond donors (Lipinski definition) is 0. The van der Waals surface area contributed by atoms with Crippen molar-refractivity contribution in [1.29, 1.82) is 0 Å². The molecule has 5 heteroatoms. The summed E-state index contributed by atoms with van der Waals surface area (Å²) in [6, 6.07) is 11.7. The van der Waals surface area contributed by atoms with Gasteiger partial charge in [0.1, 0.15) is 0 Å². The van der Waals surface area contributed by atoms with Crippen LogP contribution in [0.25, 0.3) is 10.8 Å². The zero-order valence-electron chi connectivity index (χ0n) is 9.04. The first-order valence-electron chi connectivity index (χ1n) is 5.09. The van der Waals surface area contributed by atoms with E-state index in [2.05, 4.69) is 4.99 Å². The molecule has 0 amide bonds. The molecule has 0 fully saturated rings. The number of hydrogen-bond acceptors (Lipinski definition) is 3. The molecule has 1 atom stereocenters. The molecule has 2 aromatic carbocycles. The molecule has 0 spiro atoms. The molecule has 3 nitrogen and oxygen atoms in total. The molecule has 3 rings (SSSR count). The minimum atomic E-state index is -2.13. The topological polar surface area (TPSA) is 46.5 Å². The lowest BCUT2D eigenvalue weighted by Gasteiger charge is -2.02. The highest BCUT2D eigenvalue weighted by Gasteiger charge is 2.21. The van der Waals surface area contributed by atoms with Crippen LogP contribution >= 0.6 is 0 Å². The minimum Gasteiger partial charge on any atom is -0.244 e. The molecule has 0 N–H and O–H groups in total. The normalized spacial score (nSPS) is 17.9. The van der Waals surface area contributed by atoms with E-state index in [1.165, 1.54) is 0 Å². The van der Waals surface area contributed by atoms with E-state index < -0.39 is 18.7 Å². The largest absolute Gasteiger partial charge is 0.251 e. The standard InChI is InChI=1S/C12H9NO2S2/c1-8-13-12-10-5-3-2-4-9(10)6-7-11(12)16(8)17(14)15/h2-7H,1H3. The molecule has 1 unspecified atom stereocenters. The highest BCUT2D eigenvalue weighted by atomic mass is 32.9. The molecule has 1 aliphatic heterocycles. The highest BCUT2D eigenvalue weighted by Crippen LogP contribution is 2.37. The molecule has 0 saturated carbocycles. The first kappa shape index (κ1) is 10.7.